The van der Waals surface area contributed by atoms with Crippen molar-refractivity contribution in [2.24, 2.45) is 10.4 Å². The maximum absolute atomic E-state index is 5.42. The van der Waals surface area contributed by atoms with Crippen LogP contribution >= 0.6 is 24.0 Å². The van der Waals surface area contributed by atoms with E-state index in [-0.39, 0.29) is 24.0 Å². The van der Waals surface area contributed by atoms with Gasteiger partial charge in [-0.1, -0.05) is 19.9 Å². The Balaban J connectivity index is 0.00000192. The molecule has 2 aliphatic heterocycles. The zero-order chi connectivity index (χ0) is 15.6. The van der Waals surface area contributed by atoms with Crippen molar-refractivity contribution in [2.45, 2.75) is 26.7 Å². The summed E-state index contributed by atoms with van der Waals surface area (Å²) in [5.41, 5.74) is 1.63. The highest BCUT2D eigenvalue weighted by Crippen LogP contribution is 2.32. The van der Waals surface area contributed by atoms with Crippen LogP contribution in [-0.4, -0.2) is 44.3 Å². The van der Waals surface area contributed by atoms with E-state index in [0.29, 0.717) is 12.2 Å². The predicted molar refractivity (Wildman–Crippen MR) is 103 cm³/mol. The third-order valence-electron chi connectivity index (χ3n) is 4.32. The topological polar surface area (TPSA) is 46.1 Å². The van der Waals surface area contributed by atoms with Crippen molar-refractivity contribution in [3.63, 3.8) is 0 Å². The van der Waals surface area contributed by atoms with Crippen LogP contribution in [-0.2, 0) is 6.42 Å². The molecular formula is C17H26IN3O2. The lowest BCUT2D eigenvalue weighted by Gasteiger charge is -2.23. The first kappa shape index (κ1) is 18.2. The van der Waals surface area contributed by atoms with Crippen LogP contribution in [0, 0.1) is 5.41 Å². The molecule has 128 valence electrons. The summed E-state index contributed by atoms with van der Waals surface area (Å²) in [6.45, 7) is 7.96. The molecule has 0 bridgehead atoms. The average molecular weight is 431 g/mol. The van der Waals surface area contributed by atoms with Gasteiger partial charge < -0.3 is 19.7 Å². The number of nitrogens with zero attached hydrogens (tertiary/aromatic N) is 2. The lowest BCUT2D eigenvalue weighted by molar-refractivity contribution is 0.174. The molecule has 1 fully saturated rings. The van der Waals surface area contributed by atoms with Crippen molar-refractivity contribution in [3.8, 4) is 11.5 Å². The number of nitrogens with one attached hydrogen (secondary N) is 1. The molecule has 5 nitrogen and oxygen atoms in total. The van der Waals surface area contributed by atoms with Gasteiger partial charge in [-0.3, -0.25) is 4.99 Å². The second kappa shape index (κ2) is 7.59. The molecule has 0 amide bonds. The fraction of sp³-hybridized carbons (Fsp3) is 0.588. The van der Waals surface area contributed by atoms with Gasteiger partial charge in [0.2, 0.25) is 6.79 Å². The summed E-state index contributed by atoms with van der Waals surface area (Å²) in [5, 5.41) is 3.47. The van der Waals surface area contributed by atoms with Gasteiger partial charge in [-0.2, -0.15) is 0 Å². The van der Waals surface area contributed by atoms with Gasteiger partial charge in [-0.25, -0.2) is 0 Å². The molecule has 0 atom stereocenters. The van der Waals surface area contributed by atoms with Gasteiger partial charge in [0.15, 0.2) is 17.5 Å². The zero-order valence-electron chi connectivity index (χ0n) is 14.1. The largest absolute Gasteiger partial charge is 0.454 e. The summed E-state index contributed by atoms with van der Waals surface area (Å²) in [6.07, 6.45) is 2.16. The molecule has 0 aromatic heterocycles. The molecule has 3 rings (SSSR count). The molecule has 0 saturated carbocycles. The van der Waals surface area contributed by atoms with E-state index in [0.717, 1.165) is 43.5 Å². The quantitative estimate of drug-likeness (QED) is 0.454. The lowest BCUT2D eigenvalue weighted by atomic mass is 9.93. The van der Waals surface area contributed by atoms with Crippen LogP contribution in [0.3, 0.4) is 0 Å². The van der Waals surface area contributed by atoms with E-state index in [9.17, 15) is 0 Å². The van der Waals surface area contributed by atoms with Gasteiger partial charge in [-0.15, -0.1) is 24.0 Å². The molecule has 6 heteroatoms. The molecule has 23 heavy (non-hydrogen) atoms. The number of benzene rings is 1. The van der Waals surface area contributed by atoms with Crippen molar-refractivity contribution in [1.82, 2.24) is 10.2 Å². The Labute approximate surface area is 155 Å². The second-order valence-corrected chi connectivity index (χ2v) is 6.75. The number of aliphatic imine (C=N–C) groups is 1. The first-order valence-corrected chi connectivity index (χ1v) is 7.91. The van der Waals surface area contributed by atoms with Crippen molar-refractivity contribution in [1.29, 1.82) is 0 Å². The maximum atomic E-state index is 5.42. The molecule has 2 aliphatic rings. The Morgan fingerprint density at radius 2 is 2.09 bits per heavy atom. The van der Waals surface area contributed by atoms with Crippen molar-refractivity contribution < 1.29 is 9.47 Å². The Bertz CT molecular complexity index is 575. The third kappa shape index (κ3) is 4.43. The lowest BCUT2D eigenvalue weighted by Crippen LogP contribution is -2.41. The highest BCUT2D eigenvalue weighted by atomic mass is 127. The number of ether oxygens (including phenoxy) is 2. The minimum atomic E-state index is 0. The summed E-state index contributed by atoms with van der Waals surface area (Å²) in [5.74, 6) is 2.70. The van der Waals surface area contributed by atoms with Gasteiger partial charge >= 0.3 is 0 Å². The van der Waals surface area contributed by atoms with E-state index < -0.39 is 0 Å². The van der Waals surface area contributed by atoms with Gasteiger partial charge in [0.25, 0.3) is 0 Å². The maximum Gasteiger partial charge on any atom is 0.231 e. The van der Waals surface area contributed by atoms with Crippen LogP contribution in [0.4, 0.5) is 0 Å². The summed E-state index contributed by atoms with van der Waals surface area (Å²) in [6, 6.07) is 6.14. The van der Waals surface area contributed by atoms with Crippen LogP contribution in [0.15, 0.2) is 23.2 Å². The summed E-state index contributed by atoms with van der Waals surface area (Å²) >= 11 is 0. The smallest absolute Gasteiger partial charge is 0.231 e. The van der Waals surface area contributed by atoms with Gasteiger partial charge in [0.05, 0.1) is 0 Å². The van der Waals surface area contributed by atoms with Crippen molar-refractivity contribution in [2.75, 3.05) is 33.5 Å². The number of guanidine groups is 1. The number of fused-ring (bicyclic) bond motifs is 1. The van der Waals surface area contributed by atoms with Crippen LogP contribution < -0.4 is 14.8 Å². The normalized spacial score (nSPS) is 18.7. The summed E-state index contributed by atoms with van der Waals surface area (Å²) in [7, 11) is 1.86. The molecule has 1 N–H and O–H groups in total. The van der Waals surface area contributed by atoms with Crippen LogP contribution in [0.5, 0.6) is 11.5 Å². The molecule has 1 saturated heterocycles. The van der Waals surface area contributed by atoms with Gasteiger partial charge in [0.1, 0.15) is 0 Å². The van der Waals surface area contributed by atoms with E-state index in [2.05, 4.69) is 41.2 Å². The van der Waals surface area contributed by atoms with Crippen LogP contribution in [0.25, 0.3) is 0 Å². The van der Waals surface area contributed by atoms with E-state index in [4.69, 9.17) is 9.47 Å². The zero-order valence-corrected chi connectivity index (χ0v) is 16.4. The van der Waals surface area contributed by atoms with E-state index >= 15 is 0 Å². The number of rotatable bonds is 3. The third-order valence-corrected chi connectivity index (χ3v) is 4.32. The summed E-state index contributed by atoms with van der Waals surface area (Å²) < 4.78 is 10.8. The molecular weight excluding hydrogens is 405 g/mol. The molecule has 0 radical (unpaired) electrons. The monoisotopic (exact) mass is 431 g/mol. The SMILES string of the molecule is CN=C(NCCc1ccc2c(c1)OCO2)N1CCC(C)(C)C1.I. The highest BCUT2D eigenvalue weighted by molar-refractivity contribution is 14.0. The van der Waals surface area contributed by atoms with Crippen molar-refractivity contribution >= 4 is 29.9 Å². The van der Waals surface area contributed by atoms with E-state index in [1.807, 2.05) is 13.1 Å². The Hall–Kier alpha value is -1.18. The van der Waals surface area contributed by atoms with Crippen LogP contribution in [0.1, 0.15) is 25.8 Å². The van der Waals surface area contributed by atoms with Gasteiger partial charge in [-0.05, 0) is 36.0 Å². The Morgan fingerprint density at radius 3 is 2.78 bits per heavy atom. The molecule has 0 unspecified atom stereocenters. The van der Waals surface area contributed by atoms with E-state index in [1.54, 1.807) is 0 Å². The van der Waals surface area contributed by atoms with Crippen molar-refractivity contribution in [3.05, 3.63) is 23.8 Å². The fourth-order valence-corrected chi connectivity index (χ4v) is 3.04. The summed E-state index contributed by atoms with van der Waals surface area (Å²) in [4.78, 5) is 6.76. The number of likely N-dealkylation sites (tertiary alicyclic amines) is 1. The van der Waals surface area contributed by atoms with Crippen LogP contribution in [0.2, 0.25) is 0 Å². The second-order valence-electron chi connectivity index (χ2n) is 6.75. The predicted octanol–water partition coefficient (Wildman–Crippen LogP) is 2.88. The molecule has 1 aromatic carbocycles. The number of hydrogen-bond donors (Lipinski definition) is 1. The average Bonchev–Trinajstić information content (AvgIpc) is 3.09. The Kier molecular flexibility index (Phi) is 6.00. The first-order chi connectivity index (χ1) is 10.6. The van der Waals surface area contributed by atoms with Gasteiger partial charge in [0, 0.05) is 26.7 Å². The standard InChI is InChI=1S/C17H25N3O2.HI/c1-17(2)7-9-20(11-17)16(18-3)19-8-6-13-4-5-14-15(10-13)22-12-21-14;/h4-5,10H,6-9,11-12H2,1-3H3,(H,18,19);1H. The minimum Gasteiger partial charge on any atom is -0.454 e. The molecule has 2 heterocycles. The highest BCUT2D eigenvalue weighted by Gasteiger charge is 2.30. The Morgan fingerprint density at radius 1 is 1.30 bits per heavy atom. The number of hydrogen-bond acceptors (Lipinski definition) is 3. The number of halogens is 1. The fourth-order valence-electron chi connectivity index (χ4n) is 3.04. The van der Waals surface area contributed by atoms with E-state index in [1.165, 1.54) is 12.0 Å². The molecule has 0 aliphatic carbocycles. The first-order valence-electron chi connectivity index (χ1n) is 7.91. The molecule has 1 aromatic rings. The minimum absolute atomic E-state index is 0. The molecule has 0 spiro atoms.